The molecule has 3 aliphatic rings. The summed E-state index contributed by atoms with van der Waals surface area (Å²) < 4.78 is 26.6. The van der Waals surface area contributed by atoms with Crippen molar-refractivity contribution in [1.82, 2.24) is 0 Å². The second-order valence-corrected chi connectivity index (χ2v) is 6.46. The maximum atomic E-state index is 12.3. The number of hydrogen-bond donors (Lipinski definition) is 1. The Morgan fingerprint density at radius 3 is 2.30 bits per heavy atom. The summed E-state index contributed by atoms with van der Waals surface area (Å²) in [7, 11) is 0. The molecule has 3 heterocycles. The van der Waals surface area contributed by atoms with Crippen LogP contribution in [0.2, 0.25) is 0 Å². The lowest BCUT2D eigenvalue weighted by atomic mass is 9.94. The van der Waals surface area contributed by atoms with E-state index in [1.54, 1.807) is 18.2 Å². The molecule has 0 saturated carbocycles. The van der Waals surface area contributed by atoms with Gasteiger partial charge in [0.15, 0.2) is 23.0 Å². The third-order valence-electron chi connectivity index (χ3n) is 4.85. The fourth-order valence-electron chi connectivity index (χ4n) is 3.42. The minimum atomic E-state index is -0.963. The Kier molecular flexibility index (Phi) is 3.68. The first kappa shape index (κ1) is 16.0. The highest BCUT2D eigenvalue weighted by Gasteiger charge is 2.31. The lowest BCUT2D eigenvalue weighted by molar-refractivity contribution is -0.136. The summed E-state index contributed by atoms with van der Waals surface area (Å²) in [6.07, 6.45) is -0.623. The van der Waals surface area contributed by atoms with Crippen molar-refractivity contribution in [2.45, 2.75) is 12.5 Å². The summed E-state index contributed by atoms with van der Waals surface area (Å²) in [6.45, 7) is 0.417. The molecule has 7 heteroatoms. The normalized spacial score (nSPS) is 18.0. The molecule has 27 heavy (non-hydrogen) atoms. The molecule has 5 rings (SSSR count). The van der Waals surface area contributed by atoms with Crippen LogP contribution in [0.1, 0.15) is 17.2 Å². The number of fused-ring (bicyclic) bond motifs is 2. The fourth-order valence-corrected chi connectivity index (χ4v) is 3.42. The van der Waals surface area contributed by atoms with Gasteiger partial charge < -0.3 is 28.8 Å². The highest BCUT2D eigenvalue weighted by atomic mass is 16.7. The van der Waals surface area contributed by atoms with Crippen molar-refractivity contribution in [2.24, 2.45) is 0 Å². The maximum Gasteiger partial charge on any atom is 0.334 e. The lowest BCUT2D eigenvalue weighted by Gasteiger charge is -2.13. The Labute approximate surface area is 154 Å². The molecule has 1 atom stereocenters. The third kappa shape index (κ3) is 2.76. The number of aliphatic hydroxyl groups is 1. The van der Waals surface area contributed by atoms with E-state index in [-0.39, 0.29) is 20.2 Å². The first-order valence-corrected chi connectivity index (χ1v) is 8.54. The van der Waals surface area contributed by atoms with Crippen molar-refractivity contribution in [3.05, 3.63) is 58.7 Å². The maximum absolute atomic E-state index is 12.3. The van der Waals surface area contributed by atoms with E-state index in [2.05, 4.69) is 0 Å². The van der Waals surface area contributed by atoms with E-state index in [1.165, 1.54) is 0 Å². The van der Waals surface area contributed by atoms with Gasteiger partial charge in [0.25, 0.3) is 0 Å². The molecule has 3 aliphatic heterocycles. The van der Waals surface area contributed by atoms with Crippen molar-refractivity contribution in [1.29, 1.82) is 0 Å². The summed E-state index contributed by atoms with van der Waals surface area (Å²) in [5.74, 6) is 2.14. The van der Waals surface area contributed by atoms with Crippen LogP contribution in [-0.2, 0) is 16.0 Å². The van der Waals surface area contributed by atoms with Crippen LogP contribution < -0.4 is 18.9 Å². The molecule has 0 fully saturated rings. The average molecular weight is 368 g/mol. The molecule has 0 bridgehead atoms. The van der Waals surface area contributed by atoms with Gasteiger partial charge >= 0.3 is 5.97 Å². The molecule has 0 amide bonds. The van der Waals surface area contributed by atoms with Crippen LogP contribution in [-0.4, -0.2) is 31.3 Å². The molecule has 0 spiro atoms. The van der Waals surface area contributed by atoms with Gasteiger partial charge in [0.1, 0.15) is 12.7 Å². The van der Waals surface area contributed by atoms with E-state index < -0.39 is 12.1 Å². The van der Waals surface area contributed by atoms with Crippen LogP contribution in [0.3, 0.4) is 0 Å². The summed E-state index contributed by atoms with van der Waals surface area (Å²) in [5.41, 5.74) is 2.51. The first-order chi connectivity index (χ1) is 13.2. The van der Waals surface area contributed by atoms with Crippen molar-refractivity contribution < 1.29 is 33.6 Å². The smallest absolute Gasteiger partial charge is 0.334 e. The fraction of sp³-hybridized carbons (Fsp3) is 0.250. The number of cyclic esters (lactones) is 1. The van der Waals surface area contributed by atoms with E-state index in [1.807, 2.05) is 18.2 Å². The van der Waals surface area contributed by atoms with Gasteiger partial charge in [-0.25, -0.2) is 4.79 Å². The zero-order chi connectivity index (χ0) is 18.4. The zero-order valence-electron chi connectivity index (χ0n) is 14.3. The highest BCUT2D eigenvalue weighted by Crippen LogP contribution is 2.38. The Morgan fingerprint density at radius 2 is 1.52 bits per heavy atom. The SMILES string of the molecule is O=C1OCC(C(O)c2ccc3c(c2)OCO3)=C1Cc1ccc2c(c1)OCO2. The standard InChI is InChI=1S/C20H16O7/c21-19(12-2-4-16-18(7-12)27-10-25-16)14-8-23-20(22)13(14)5-11-1-3-15-17(6-11)26-9-24-15/h1-4,6-7,19,21H,5,8-10H2. The van der Waals surface area contributed by atoms with Crippen LogP contribution in [0.4, 0.5) is 0 Å². The largest absolute Gasteiger partial charge is 0.458 e. The van der Waals surface area contributed by atoms with E-state index in [4.69, 9.17) is 23.7 Å². The van der Waals surface area contributed by atoms with Gasteiger partial charge in [-0.15, -0.1) is 0 Å². The molecular weight excluding hydrogens is 352 g/mol. The molecule has 1 unspecified atom stereocenters. The van der Waals surface area contributed by atoms with Gasteiger partial charge in [-0.05, 0) is 35.4 Å². The third-order valence-corrected chi connectivity index (χ3v) is 4.85. The summed E-state index contributed by atoms with van der Waals surface area (Å²) in [6, 6.07) is 10.7. The van der Waals surface area contributed by atoms with Gasteiger partial charge in [-0.1, -0.05) is 12.1 Å². The molecule has 0 aliphatic carbocycles. The average Bonchev–Trinajstić information content (AvgIpc) is 3.41. The predicted octanol–water partition coefficient (Wildman–Crippen LogP) is 2.27. The van der Waals surface area contributed by atoms with E-state index in [9.17, 15) is 9.90 Å². The van der Waals surface area contributed by atoms with Crippen LogP contribution in [0.25, 0.3) is 0 Å². The lowest BCUT2D eigenvalue weighted by Crippen LogP contribution is -2.07. The van der Waals surface area contributed by atoms with Gasteiger partial charge in [-0.2, -0.15) is 0 Å². The number of ether oxygens (including phenoxy) is 5. The molecule has 0 aromatic heterocycles. The molecule has 138 valence electrons. The Balaban J connectivity index is 1.45. The van der Waals surface area contributed by atoms with Crippen LogP contribution in [0, 0.1) is 0 Å². The minimum Gasteiger partial charge on any atom is -0.458 e. The number of aliphatic hydroxyl groups excluding tert-OH is 1. The summed E-state index contributed by atoms with van der Waals surface area (Å²) in [4.78, 5) is 12.3. The second kappa shape index (κ2) is 6.21. The monoisotopic (exact) mass is 368 g/mol. The number of rotatable bonds is 4. The Morgan fingerprint density at radius 1 is 0.852 bits per heavy atom. The van der Waals surface area contributed by atoms with Gasteiger partial charge in [0.05, 0.1) is 0 Å². The topological polar surface area (TPSA) is 83.5 Å². The predicted molar refractivity (Wildman–Crippen MR) is 91.8 cm³/mol. The first-order valence-electron chi connectivity index (χ1n) is 8.54. The number of carbonyl (C=O) groups excluding carboxylic acids is 1. The molecule has 7 nitrogen and oxygen atoms in total. The molecule has 2 aromatic rings. The Hall–Kier alpha value is -3.19. The van der Waals surface area contributed by atoms with Gasteiger partial charge in [-0.3, -0.25) is 0 Å². The molecule has 1 N–H and O–H groups in total. The van der Waals surface area contributed by atoms with Crippen molar-refractivity contribution in [3.63, 3.8) is 0 Å². The number of carbonyl (C=O) groups is 1. The van der Waals surface area contributed by atoms with Crippen LogP contribution in [0.5, 0.6) is 23.0 Å². The molecule has 2 aromatic carbocycles. The van der Waals surface area contributed by atoms with Crippen molar-refractivity contribution >= 4 is 5.97 Å². The summed E-state index contributed by atoms with van der Waals surface area (Å²) >= 11 is 0. The molecular formula is C20H16O7. The zero-order valence-corrected chi connectivity index (χ0v) is 14.3. The number of benzene rings is 2. The molecule has 0 radical (unpaired) electrons. The Bertz CT molecular complexity index is 963. The number of hydrogen-bond acceptors (Lipinski definition) is 7. The minimum absolute atomic E-state index is 0.0638. The van der Waals surface area contributed by atoms with Crippen LogP contribution >= 0.6 is 0 Å². The summed E-state index contributed by atoms with van der Waals surface area (Å²) in [5, 5.41) is 10.8. The van der Waals surface area contributed by atoms with Gasteiger partial charge in [0.2, 0.25) is 13.6 Å². The van der Waals surface area contributed by atoms with Crippen molar-refractivity contribution in [3.8, 4) is 23.0 Å². The van der Waals surface area contributed by atoms with E-state index in [0.29, 0.717) is 46.1 Å². The molecule has 0 saturated heterocycles. The van der Waals surface area contributed by atoms with E-state index in [0.717, 1.165) is 5.56 Å². The number of esters is 1. The van der Waals surface area contributed by atoms with Crippen LogP contribution in [0.15, 0.2) is 47.5 Å². The highest BCUT2D eigenvalue weighted by molar-refractivity contribution is 5.92. The van der Waals surface area contributed by atoms with Gasteiger partial charge in [0, 0.05) is 17.6 Å². The van der Waals surface area contributed by atoms with E-state index >= 15 is 0 Å². The quantitative estimate of drug-likeness (QED) is 0.829. The van der Waals surface area contributed by atoms with Crippen molar-refractivity contribution in [2.75, 3.05) is 20.2 Å². The second-order valence-electron chi connectivity index (χ2n) is 6.46.